The monoisotopic (exact) mass is 583 g/mol. The molecule has 0 unspecified atom stereocenters. The molecule has 220 valence electrons. The Balaban J connectivity index is 1.36. The van der Waals surface area contributed by atoms with Crippen LogP contribution >= 0.6 is 0 Å². The molecule has 3 aromatic rings. The van der Waals surface area contributed by atoms with E-state index in [0.717, 1.165) is 17.7 Å². The number of hydrogen-bond donors (Lipinski definition) is 1. The second kappa shape index (κ2) is 11.6. The second-order valence-electron chi connectivity index (χ2n) is 10.5. The zero-order valence-corrected chi connectivity index (χ0v) is 22.8. The van der Waals surface area contributed by atoms with Crippen LogP contribution in [-0.2, 0) is 22.3 Å². The van der Waals surface area contributed by atoms with E-state index in [1.165, 1.54) is 40.1 Å². The summed E-state index contributed by atoms with van der Waals surface area (Å²) < 4.78 is 59.9. The molecule has 1 N–H and O–H groups in total. The lowest BCUT2D eigenvalue weighted by Crippen LogP contribution is -2.59. The van der Waals surface area contributed by atoms with Gasteiger partial charge < -0.3 is 15.0 Å². The molecule has 3 amide bonds. The van der Waals surface area contributed by atoms with E-state index in [-0.39, 0.29) is 50.2 Å². The Labute approximate surface area is 240 Å². The minimum absolute atomic E-state index is 0.0552. The van der Waals surface area contributed by atoms with Crippen molar-refractivity contribution >= 4 is 17.7 Å². The molecule has 2 aliphatic heterocycles. The Hall–Kier alpha value is -4.25. The lowest BCUT2D eigenvalue weighted by molar-refractivity contribution is -0.137. The summed E-state index contributed by atoms with van der Waals surface area (Å²) in [6.07, 6.45) is -4.16. The smallest absolute Gasteiger partial charge is 0.353 e. The van der Waals surface area contributed by atoms with Gasteiger partial charge in [0.05, 0.1) is 17.7 Å². The molecular weight excluding hydrogens is 554 g/mol. The molecule has 7 nitrogen and oxygen atoms in total. The molecule has 2 fully saturated rings. The lowest BCUT2D eigenvalue weighted by Gasteiger charge is -2.44. The van der Waals surface area contributed by atoms with Gasteiger partial charge in [-0.15, -0.1) is 0 Å². The highest BCUT2D eigenvalue weighted by atomic mass is 19.4. The second-order valence-corrected chi connectivity index (χ2v) is 10.5. The molecule has 42 heavy (non-hydrogen) atoms. The molecule has 0 aliphatic carbocycles. The van der Waals surface area contributed by atoms with E-state index in [1.54, 1.807) is 24.3 Å². The third-order valence-electron chi connectivity index (χ3n) is 7.70. The van der Waals surface area contributed by atoms with E-state index < -0.39 is 47.0 Å². The van der Waals surface area contributed by atoms with Crippen molar-refractivity contribution < 1.29 is 36.7 Å². The van der Waals surface area contributed by atoms with Gasteiger partial charge in [0.15, 0.2) is 0 Å². The number of benzene rings is 3. The molecule has 1 spiro atoms. The Kier molecular flexibility index (Phi) is 8.05. The minimum Gasteiger partial charge on any atom is -0.353 e. The first-order chi connectivity index (χ1) is 20.0. The van der Waals surface area contributed by atoms with Crippen molar-refractivity contribution in [2.45, 2.75) is 44.3 Å². The molecule has 2 aliphatic rings. The maximum Gasteiger partial charge on any atom is 0.416 e. The highest BCUT2D eigenvalue weighted by Crippen LogP contribution is 2.39. The van der Waals surface area contributed by atoms with Gasteiger partial charge in [0.2, 0.25) is 5.91 Å². The first-order valence-corrected chi connectivity index (χ1v) is 13.5. The molecule has 0 aromatic heterocycles. The fraction of sp³-hybridized carbons (Fsp3) is 0.323. The number of carbonyl (C=O) groups is 3. The van der Waals surface area contributed by atoms with E-state index in [4.69, 9.17) is 4.74 Å². The van der Waals surface area contributed by atoms with E-state index in [0.29, 0.717) is 5.56 Å². The molecule has 0 radical (unpaired) electrons. The van der Waals surface area contributed by atoms with Gasteiger partial charge in [-0.1, -0.05) is 42.0 Å². The highest BCUT2D eigenvalue weighted by Gasteiger charge is 2.54. The molecule has 1 atom stereocenters. The van der Waals surface area contributed by atoms with E-state index in [1.807, 2.05) is 13.0 Å². The lowest BCUT2D eigenvalue weighted by atomic mass is 9.95. The van der Waals surface area contributed by atoms with E-state index in [2.05, 4.69) is 5.32 Å². The molecule has 2 saturated heterocycles. The van der Waals surface area contributed by atoms with Crippen LogP contribution in [0.15, 0.2) is 72.8 Å². The summed E-state index contributed by atoms with van der Waals surface area (Å²) in [5, 5.41) is 2.66. The number of halogens is 4. The molecule has 0 bridgehead atoms. The molecular formula is C31H29F4N3O4. The summed E-state index contributed by atoms with van der Waals surface area (Å²) in [6, 6.07) is 16.2. The number of likely N-dealkylation sites (tertiary alicyclic amines) is 1. The van der Waals surface area contributed by atoms with E-state index in [9.17, 15) is 31.9 Å². The number of aryl methyl sites for hydroxylation is 1. The summed E-state index contributed by atoms with van der Waals surface area (Å²) in [5.74, 6) is -2.12. The number of piperidine rings is 1. The fourth-order valence-corrected chi connectivity index (χ4v) is 5.51. The average Bonchev–Trinajstić information content (AvgIpc) is 3.34. The van der Waals surface area contributed by atoms with Crippen LogP contribution in [0.1, 0.15) is 50.2 Å². The zero-order chi connectivity index (χ0) is 30.1. The summed E-state index contributed by atoms with van der Waals surface area (Å²) in [5.41, 5.74) is -0.648. The topological polar surface area (TPSA) is 79.0 Å². The Morgan fingerprint density at radius 1 is 0.952 bits per heavy atom. The van der Waals surface area contributed by atoms with Crippen molar-refractivity contribution in [3.8, 4) is 0 Å². The number of alkyl halides is 3. The highest BCUT2D eigenvalue weighted by molar-refractivity contribution is 5.99. The summed E-state index contributed by atoms with van der Waals surface area (Å²) in [4.78, 5) is 43.2. The molecule has 2 heterocycles. The van der Waals surface area contributed by atoms with Gasteiger partial charge in [0, 0.05) is 38.0 Å². The van der Waals surface area contributed by atoms with Crippen molar-refractivity contribution in [1.29, 1.82) is 0 Å². The number of amides is 3. The van der Waals surface area contributed by atoms with Crippen molar-refractivity contribution in [2.24, 2.45) is 0 Å². The largest absolute Gasteiger partial charge is 0.416 e. The van der Waals surface area contributed by atoms with E-state index >= 15 is 0 Å². The number of nitrogens with zero attached hydrogens (tertiary/aromatic N) is 2. The van der Waals surface area contributed by atoms with Crippen LogP contribution in [0.25, 0.3) is 0 Å². The van der Waals surface area contributed by atoms with Gasteiger partial charge >= 0.3 is 6.18 Å². The quantitative estimate of drug-likeness (QED) is 0.432. The Morgan fingerprint density at radius 3 is 2.36 bits per heavy atom. The molecule has 11 heteroatoms. The normalized spacial score (nSPS) is 18.3. The maximum atomic E-state index is 14.3. The first-order valence-electron chi connectivity index (χ1n) is 13.5. The number of hydrogen-bond acceptors (Lipinski definition) is 4. The summed E-state index contributed by atoms with van der Waals surface area (Å²) >= 11 is 0. The van der Waals surface area contributed by atoms with Crippen molar-refractivity contribution in [2.75, 3.05) is 19.7 Å². The third kappa shape index (κ3) is 5.87. The third-order valence-corrected chi connectivity index (χ3v) is 7.70. The van der Waals surface area contributed by atoms with Crippen molar-refractivity contribution in [3.63, 3.8) is 0 Å². The SMILES string of the molecule is Cc1cccc(C(=O)N2[C@@H](C(=O)NCc3cccc(C(F)(F)F)c3)COC23CCN(C(=O)c2ccccc2F)CC3)c1. The minimum atomic E-state index is -4.52. The fourth-order valence-electron chi connectivity index (χ4n) is 5.51. The van der Waals surface area contributed by atoms with Gasteiger partial charge in [-0.25, -0.2) is 4.39 Å². The number of nitrogens with one attached hydrogen (secondary N) is 1. The standard InChI is InChI=1S/C31H29F4N3O4/c1-20-6-4-8-22(16-20)28(40)38-26(27(39)36-18-21-7-5-9-23(17-21)31(33,34)35)19-42-30(38)12-14-37(15-13-30)29(41)24-10-2-3-11-25(24)32/h2-11,16-17,26H,12-15,18-19H2,1H3,(H,36,39)/t26-/m1/s1. The van der Waals surface area contributed by atoms with Crippen LogP contribution in [0.3, 0.4) is 0 Å². The maximum absolute atomic E-state index is 14.3. The van der Waals surface area contributed by atoms with Gasteiger partial charge in [-0.05, 0) is 48.9 Å². The molecule has 3 aromatic carbocycles. The predicted molar refractivity (Wildman–Crippen MR) is 145 cm³/mol. The molecule has 5 rings (SSSR count). The zero-order valence-electron chi connectivity index (χ0n) is 22.8. The number of ether oxygens (including phenoxy) is 1. The van der Waals surface area contributed by atoms with Crippen LogP contribution in [0.2, 0.25) is 0 Å². The van der Waals surface area contributed by atoms with Crippen LogP contribution in [-0.4, -0.2) is 59.0 Å². The summed E-state index contributed by atoms with van der Waals surface area (Å²) in [7, 11) is 0. The van der Waals surface area contributed by atoms with Crippen molar-refractivity contribution in [3.05, 3.63) is 106 Å². The Morgan fingerprint density at radius 2 is 1.67 bits per heavy atom. The van der Waals surface area contributed by atoms with Crippen LogP contribution in [0.4, 0.5) is 17.6 Å². The van der Waals surface area contributed by atoms with Gasteiger partial charge in [-0.2, -0.15) is 13.2 Å². The summed E-state index contributed by atoms with van der Waals surface area (Å²) in [6.45, 7) is 1.84. The van der Waals surface area contributed by atoms with Gasteiger partial charge in [0.1, 0.15) is 17.6 Å². The number of carbonyl (C=O) groups excluding carboxylic acids is 3. The Bertz CT molecular complexity index is 1500. The first kappa shape index (κ1) is 29.2. The predicted octanol–water partition coefficient (Wildman–Crippen LogP) is 4.94. The van der Waals surface area contributed by atoms with Crippen LogP contribution in [0, 0.1) is 12.7 Å². The number of rotatable bonds is 5. The van der Waals surface area contributed by atoms with Gasteiger partial charge in [-0.3, -0.25) is 19.3 Å². The average molecular weight is 584 g/mol. The van der Waals surface area contributed by atoms with Crippen LogP contribution in [0.5, 0.6) is 0 Å². The molecule has 0 saturated carbocycles. The van der Waals surface area contributed by atoms with Crippen molar-refractivity contribution in [1.82, 2.24) is 15.1 Å². The van der Waals surface area contributed by atoms with Crippen LogP contribution < -0.4 is 5.32 Å². The van der Waals surface area contributed by atoms with Gasteiger partial charge in [0.25, 0.3) is 11.8 Å².